The van der Waals surface area contributed by atoms with Gasteiger partial charge in [0.05, 0.1) is 6.42 Å². The van der Waals surface area contributed by atoms with Crippen LogP contribution in [-0.2, 0) is 14.3 Å². The lowest BCUT2D eigenvalue weighted by Gasteiger charge is -2.24. The van der Waals surface area contributed by atoms with Crippen LogP contribution in [0.15, 0.2) is 17.5 Å². The van der Waals surface area contributed by atoms with Gasteiger partial charge in [0.2, 0.25) is 0 Å². The van der Waals surface area contributed by atoms with Gasteiger partial charge in [-0.05, 0) is 32.2 Å². The lowest BCUT2D eigenvalue weighted by molar-refractivity contribution is -0.157. The van der Waals surface area contributed by atoms with E-state index in [1.807, 2.05) is 17.5 Å². The van der Waals surface area contributed by atoms with Gasteiger partial charge in [-0.15, -0.1) is 11.3 Å². The molecule has 1 rings (SSSR count). The van der Waals surface area contributed by atoms with Crippen LogP contribution < -0.4 is 5.32 Å². The van der Waals surface area contributed by atoms with Crippen molar-refractivity contribution in [1.82, 2.24) is 5.32 Å². The Hall–Kier alpha value is -1.40. The number of carboxylic acids is 1. The Morgan fingerprint density at radius 2 is 2.16 bits per heavy atom. The van der Waals surface area contributed by atoms with E-state index in [1.165, 1.54) is 11.3 Å². The van der Waals surface area contributed by atoms with Gasteiger partial charge in [-0.3, -0.25) is 10.1 Å². The molecular weight excluding hydrogens is 266 g/mol. The van der Waals surface area contributed by atoms with Gasteiger partial charge < -0.3 is 9.84 Å². The number of ether oxygens (including phenoxy) is 1. The van der Waals surface area contributed by atoms with Crippen molar-refractivity contribution in [1.29, 1.82) is 0 Å². The van der Waals surface area contributed by atoms with Crippen LogP contribution in [0.5, 0.6) is 0 Å². The Labute approximate surface area is 116 Å². The minimum Gasteiger partial charge on any atom is -0.481 e. The van der Waals surface area contributed by atoms with Gasteiger partial charge in [-0.25, -0.2) is 4.79 Å². The first-order valence-electron chi connectivity index (χ1n) is 6.01. The molecule has 1 heterocycles. The first-order chi connectivity index (χ1) is 8.79. The van der Waals surface area contributed by atoms with E-state index in [4.69, 9.17) is 9.84 Å². The highest BCUT2D eigenvalue weighted by atomic mass is 32.1. The van der Waals surface area contributed by atoms with Crippen molar-refractivity contribution in [3.63, 3.8) is 0 Å². The van der Waals surface area contributed by atoms with E-state index in [1.54, 1.807) is 20.8 Å². The molecule has 6 heteroatoms. The zero-order chi connectivity index (χ0) is 14.5. The summed E-state index contributed by atoms with van der Waals surface area (Å²) in [6.07, 6.45) is -0.0370. The first kappa shape index (κ1) is 15.7. The molecule has 1 aromatic rings. The lowest BCUT2D eigenvalue weighted by atomic mass is 10.1. The number of carbonyl (C=O) groups is 2. The second-order valence-electron chi connectivity index (χ2n) is 5.08. The van der Waals surface area contributed by atoms with Crippen molar-refractivity contribution < 1.29 is 19.4 Å². The maximum absolute atomic E-state index is 12.1. The standard InChI is InChI=1S/C13H19NO4S/c1-13(2,3)18-12(17)11(9-5-4-8-19-9)14-7-6-10(15)16/h4-5,8,11,14H,6-7H2,1-3H3,(H,15,16). The maximum atomic E-state index is 12.1. The quantitative estimate of drug-likeness (QED) is 0.784. The predicted octanol–water partition coefficient (Wildman–Crippen LogP) is 2.20. The third-order valence-corrected chi connectivity index (χ3v) is 3.09. The van der Waals surface area contributed by atoms with E-state index in [-0.39, 0.29) is 18.9 Å². The van der Waals surface area contributed by atoms with E-state index >= 15 is 0 Å². The molecule has 0 fully saturated rings. The minimum atomic E-state index is -0.901. The van der Waals surface area contributed by atoms with E-state index in [9.17, 15) is 9.59 Å². The monoisotopic (exact) mass is 285 g/mol. The normalized spacial score (nSPS) is 13.0. The van der Waals surface area contributed by atoms with Crippen molar-refractivity contribution in [2.24, 2.45) is 0 Å². The molecule has 0 aromatic carbocycles. The summed E-state index contributed by atoms with van der Waals surface area (Å²) in [6.45, 7) is 5.62. The fourth-order valence-corrected chi connectivity index (χ4v) is 2.23. The second kappa shape index (κ2) is 6.68. The molecule has 1 aromatic heterocycles. The zero-order valence-electron chi connectivity index (χ0n) is 11.3. The highest BCUT2D eigenvalue weighted by Gasteiger charge is 2.27. The highest BCUT2D eigenvalue weighted by molar-refractivity contribution is 7.10. The SMILES string of the molecule is CC(C)(C)OC(=O)C(NCCC(=O)O)c1cccs1. The number of hydrogen-bond acceptors (Lipinski definition) is 5. The van der Waals surface area contributed by atoms with Crippen LogP contribution in [-0.4, -0.2) is 29.2 Å². The number of nitrogens with one attached hydrogen (secondary N) is 1. The molecule has 2 N–H and O–H groups in total. The van der Waals surface area contributed by atoms with E-state index in [0.29, 0.717) is 0 Å². The van der Waals surface area contributed by atoms with Crippen LogP contribution in [0.1, 0.15) is 38.1 Å². The molecule has 0 saturated heterocycles. The van der Waals surface area contributed by atoms with E-state index < -0.39 is 17.6 Å². The molecule has 0 amide bonds. The summed E-state index contributed by atoms with van der Waals surface area (Å²) < 4.78 is 5.34. The average molecular weight is 285 g/mol. The van der Waals surface area contributed by atoms with Gasteiger partial charge in [-0.1, -0.05) is 6.07 Å². The molecular formula is C13H19NO4S. The maximum Gasteiger partial charge on any atom is 0.329 e. The van der Waals surface area contributed by atoms with Crippen LogP contribution in [0, 0.1) is 0 Å². The van der Waals surface area contributed by atoms with Crippen molar-refractivity contribution in [3.8, 4) is 0 Å². The summed E-state index contributed by atoms with van der Waals surface area (Å²) >= 11 is 1.43. The molecule has 0 spiro atoms. The second-order valence-corrected chi connectivity index (χ2v) is 6.06. The molecule has 0 radical (unpaired) electrons. The summed E-state index contributed by atoms with van der Waals surface area (Å²) in [6, 6.07) is 3.06. The van der Waals surface area contributed by atoms with Gasteiger partial charge in [0.1, 0.15) is 11.6 Å². The van der Waals surface area contributed by atoms with Gasteiger partial charge in [0, 0.05) is 11.4 Å². The lowest BCUT2D eigenvalue weighted by Crippen LogP contribution is -2.35. The molecule has 0 aliphatic heterocycles. The molecule has 1 unspecified atom stereocenters. The van der Waals surface area contributed by atoms with E-state index in [0.717, 1.165) is 4.88 Å². The molecule has 1 atom stereocenters. The molecule has 19 heavy (non-hydrogen) atoms. The van der Waals surface area contributed by atoms with Gasteiger partial charge >= 0.3 is 11.9 Å². The van der Waals surface area contributed by atoms with Gasteiger partial charge in [0.25, 0.3) is 0 Å². The topological polar surface area (TPSA) is 75.6 Å². The van der Waals surface area contributed by atoms with Gasteiger partial charge in [0.15, 0.2) is 0 Å². The van der Waals surface area contributed by atoms with E-state index in [2.05, 4.69) is 5.32 Å². The fraction of sp³-hybridized carbons (Fsp3) is 0.538. The Kier molecular flexibility index (Phi) is 5.50. The number of hydrogen-bond donors (Lipinski definition) is 2. The van der Waals surface area contributed by atoms with Crippen molar-refractivity contribution >= 4 is 23.3 Å². The number of thiophene rings is 1. The number of esters is 1. The molecule has 0 saturated carbocycles. The Bertz CT molecular complexity index is 422. The van der Waals surface area contributed by atoms with Crippen molar-refractivity contribution in [2.75, 3.05) is 6.54 Å². The Balaban J connectivity index is 2.70. The van der Waals surface area contributed by atoms with Crippen molar-refractivity contribution in [3.05, 3.63) is 22.4 Å². The summed E-state index contributed by atoms with van der Waals surface area (Å²) in [7, 11) is 0. The number of aliphatic carboxylic acids is 1. The van der Waals surface area contributed by atoms with Gasteiger partial charge in [-0.2, -0.15) is 0 Å². The molecule has 0 aliphatic rings. The number of carboxylic acid groups (broad SMARTS) is 1. The molecule has 106 valence electrons. The van der Waals surface area contributed by atoms with Crippen LogP contribution in [0.3, 0.4) is 0 Å². The summed E-state index contributed by atoms with van der Waals surface area (Å²) in [5.41, 5.74) is -0.568. The van der Waals surface area contributed by atoms with Crippen LogP contribution in [0.4, 0.5) is 0 Å². The highest BCUT2D eigenvalue weighted by Crippen LogP contribution is 2.22. The Morgan fingerprint density at radius 3 is 2.63 bits per heavy atom. The minimum absolute atomic E-state index is 0.0370. The van der Waals surface area contributed by atoms with Crippen LogP contribution >= 0.6 is 11.3 Å². The fourth-order valence-electron chi connectivity index (χ4n) is 1.44. The molecule has 0 aliphatic carbocycles. The summed E-state index contributed by atoms with van der Waals surface area (Å²) in [5.74, 6) is -1.29. The van der Waals surface area contributed by atoms with Crippen LogP contribution in [0.25, 0.3) is 0 Å². The van der Waals surface area contributed by atoms with Crippen LogP contribution in [0.2, 0.25) is 0 Å². The molecule has 0 bridgehead atoms. The largest absolute Gasteiger partial charge is 0.481 e. The number of carbonyl (C=O) groups excluding carboxylic acids is 1. The summed E-state index contributed by atoms with van der Waals surface area (Å²) in [4.78, 5) is 23.4. The summed E-state index contributed by atoms with van der Waals surface area (Å²) in [5, 5.41) is 13.4. The smallest absolute Gasteiger partial charge is 0.329 e. The number of rotatable bonds is 6. The van der Waals surface area contributed by atoms with Crippen molar-refractivity contribution in [2.45, 2.75) is 38.8 Å². The Morgan fingerprint density at radius 1 is 1.47 bits per heavy atom. The predicted molar refractivity (Wildman–Crippen MR) is 73.2 cm³/mol. The third kappa shape index (κ3) is 5.85. The third-order valence-electron chi connectivity index (χ3n) is 2.16. The zero-order valence-corrected chi connectivity index (χ0v) is 12.1. The first-order valence-corrected chi connectivity index (χ1v) is 6.89. The molecule has 5 nitrogen and oxygen atoms in total. The average Bonchev–Trinajstić information content (AvgIpc) is 2.74.